The summed E-state index contributed by atoms with van der Waals surface area (Å²) >= 11 is 0. The van der Waals surface area contributed by atoms with Gasteiger partial charge in [-0.15, -0.1) is 0 Å². The van der Waals surface area contributed by atoms with Crippen molar-refractivity contribution in [3.05, 3.63) is 131 Å². The summed E-state index contributed by atoms with van der Waals surface area (Å²) in [6.07, 6.45) is 4.12. The van der Waals surface area contributed by atoms with Crippen LogP contribution in [0.5, 0.6) is 11.5 Å². The fourth-order valence-corrected chi connectivity index (χ4v) is 8.68. The Kier molecular flexibility index (Phi) is 46.8. The summed E-state index contributed by atoms with van der Waals surface area (Å²) in [5, 5.41) is 19.6. The van der Waals surface area contributed by atoms with Gasteiger partial charge in [-0.3, -0.25) is 33.6 Å². The van der Waals surface area contributed by atoms with Crippen molar-refractivity contribution < 1.29 is 105 Å². The van der Waals surface area contributed by atoms with Crippen LogP contribution in [-0.4, -0.2) is 195 Å². The lowest BCUT2D eigenvalue weighted by Gasteiger charge is -2.19. The molecule has 100 heavy (non-hydrogen) atoms. The molecule has 0 saturated heterocycles. The maximum atomic E-state index is 13.0. The molecule has 5 N–H and O–H groups in total. The van der Waals surface area contributed by atoms with Gasteiger partial charge < -0.3 is 83.2 Å². The Labute approximate surface area is 588 Å². The normalized spacial score (nSPS) is 11.6. The largest absolute Gasteiger partial charge is 0.491 e. The van der Waals surface area contributed by atoms with E-state index in [1.165, 1.54) is 0 Å². The number of nitrogens with one attached hydrogen (secondary N) is 4. The van der Waals surface area contributed by atoms with Gasteiger partial charge >= 0.3 is 23.9 Å². The van der Waals surface area contributed by atoms with Gasteiger partial charge in [-0.25, -0.2) is 9.59 Å². The molecule has 554 valence electrons. The number of ether oxygens (including phenoxy) is 12. The second-order valence-corrected chi connectivity index (χ2v) is 23.7. The molecule has 0 radical (unpaired) electrons. The molecule has 0 aliphatic heterocycles. The van der Waals surface area contributed by atoms with E-state index < -0.39 is 35.6 Å². The molecule has 0 saturated carbocycles. The van der Waals surface area contributed by atoms with Crippen molar-refractivity contribution in [2.24, 2.45) is 0 Å². The van der Waals surface area contributed by atoms with Gasteiger partial charge in [-0.2, -0.15) is 0 Å². The number of esters is 3. The first-order chi connectivity index (χ1) is 48.3. The highest BCUT2D eigenvalue weighted by atomic mass is 16.6. The van der Waals surface area contributed by atoms with Gasteiger partial charge in [0.25, 0.3) is 0 Å². The van der Waals surface area contributed by atoms with Crippen LogP contribution in [-0.2, 0) is 117 Å². The Hall–Kier alpha value is -8.37. The van der Waals surface area contributed by atoms with Crippen LogP contribution in [0.1, 0.15) is 128 Å². The third-order valence-electron chi connectivity index (χ3n) is 13.7. The summed E-state index contributed by atoms with van der Waals surface area (Å²) < 4.78 is 65.3. The minimum absolute atomic E-state index is 0.0456. The molecule has 4 rings (SSSR count). The lowest BCUT2D eigenvalue weighted by molar-refractivity contribution is -0.156. The third-order valence-corrected chi connectivity index (χ3v) is 13.7. The number of rotatable bonds is 55. The Morgan fingerprint density at radius 1 is 0.390 bits per heavy atom. The number of carboxylic acid groups (broad SMARTS) is 1. The first kappa shape index (κ1) is 85.9. The van der Waals surface area contributed by atoms with E-state index >= 15 is 0 Å². The Morgan fingerprint density at radius 2 is 0.770 bits per heavy atom. The van der Waals surface area contributed by atoms with E-state index in [1.54, 1.807) is 45.0 Å². The third kappa shape index (κ3) is 46.1. The van der Waals surface area contributed by atoms with Crippen molar-refractivity contribution in [1.29, 1.82) is 0 Å². The van der Waals surface area contributed by atoms with Gasteiger partial charge in [0.05, 0.1) is 85.5 Å². The van der Waals surface area contributed by atoms with Gasteiger partial charge in [0.1, 0.15) is 61.4 Å². The Morgan fingerprint density at radius 3 is 1.19 bits per heavy atom. The summed E-state index contributed by atoms with van der Waals surface area (Å²) in [6.45, 7) is 15.0. The van der Waals surface area contributed by atoms with Crippen molar-refractivity contribution >= 4 is 53.3 Å². The van der Waals surface area contributed by atoms with E-state index in [0.29, 0.717) is 57.3 Å². The lowest BCUT2D eigenvalue weighted by atomic mass is 10.1. The number of Topliss-reactive ketones (excluding diaryl/α,β-unsaturated/α-hetero) is 1. The maximum Gasteiger partial charge on any atom is 0.329 e. The molecule has 0 aliphatic carbocycles. The number of carbonyl (C=O) groups excluding carboxylic acids is 8. The van der Waals surface area contributed by atoms with Crippen LogP contribution < -0.4 is 30.7 Å². The first-order valence-electron chi connectivity index (χ1n) is 34.3. The zero-order valence-electron chi connectivity index (χ0n) is 58.9. The van der Waals surface area contributed by atoms with E-state index in [9.17, 15) is 43.2 Å². The molecule has 0 fully saturated rings. The minimum atomic E-state index is -0.908. The molecule has 0 bridgehead atoms. The molecule has 0 heterocycles. The van der Waals surface area contributed by atoms with Crippen molar-refractivity contribution in [2.45, 2.75) is 149 Å². The van der Waals surface area contributed by atoms with Crippen molar-refractivity contribution in [3.63, 3.8) is 0 Å². The van der Waals surface area contributed by atoms with Crippen LogP contribution in [0.25, 0.3) is 0 Å². The molecule has 4 aromatic rings. The van der Waals surface area contributed by atoms with E-state index in [4.69, 9.17) is 61.9 Å². The second kappa shape index (κ2) is 54.5. The van der Waals surface area contributed by atoms with Crippen LogP contribution in [0.3, 0.4) is 0 Å². The topological polar surface area (TPSA) is 333 Å². The smallest absolute Gasteiger partial charge is 0.329 e. The Bertz CT molecular complexity index is 2910. The lowest BCUT2D eigenvalue weighted by Crippen LogP contribution is -2.43. The number of carboxylic acids is 1. The monoisotopic (exact) mass is 1400 g/mol. The van der Waals surface area contributed by atoms with Gasteiger partial charge in [-0.1, -0.05) is 98.8 Å². The SMILES string of the molecule is CCCOCCC(=O)N[C@@H](Cc1ccc(OCCOCCC(=O)NCCOCCC(=O)CCCOCCC(=O)NCCOCCC(=O)OC(C)(C)C)cc1)C(=O)OCc1ccccc1.CCCOCCC(=O)N[C@@H](Cc1ccc(OCCOCCC(=O)O)cc1)C(=O)OCc1ccccc1. The summed E-state index contributed by atoms with van der Waals surface area (Å²) in [5.74, 6) is -1.95. The summed E-state index contributed by atoms with van der Waals surface area (Å²) in [4.78, 5) is 109. The molecule has 4 aromatic carbocycles. The number of hydrogen-bond donors (Lipinski definition) is 5. The van der Waals surface area contributed by atoms with E-state index in [-0.39, 0.29) is 192 Å². The number of benzene rings is 4. The standard InChI is InChI=1S/C47H71N3O14.C27H35NO8/c1-5-24-57-29-20-44(54)50-41(46(56)63-36-38-10-7-6-8-11-38)35-37-13-15-40(16-14-37)62-34-33-61-28-19-43(53)48-22-31-59-26-17-39(51)12-9-25-58-27-18-42(52)49-23-32-60-30-21-45(55)64-47(2,3)4;1-2-14-33-15-12-25(29)28-24(27(32)36-20-22-6-4-3-5-7-22)19-21-8-10-23(11-9-21)35-18-17-34-16-13-26(30)31/h6-8,10-11,13-16,41H,5,9,12,17-36H2,1-4H3,(H,48,53)(H,49,52)(H,50,54);3-11,24H,2,12-20H2,1H3,(H,28,29)(H,30,31)/t41-;24-/m00/s1. The highest BCUT2D eigenvalue weighted by Gasteiger charge is 2.25. The summed E-state index contributed by atoms with van der Waals surface area (Å²) in [6, 6.07) is 31.3. The molecule has 2 atom stereocenters. The van der Waals surface area contributed by atoms with E-state index in [2.05, 4.69) is 21.3 Å². The molecular formula is C74H106N4O22. The summed E-state index contributed by atoms with van der Waals surface area (Å²) in [7, 11) is 0. The van der Waals surface area contributed by atoms with Crippen molar-refractivity contribution in [2.75, 3.05) is 119 Å². The zero-order valence-corrected chi connectivity index (χ0v) is 58.9. The van der Waals surface area contributed by atoms with Crippen LogP contribution in [0.4, 0.5) is 0 Å². The molecule has 0 aromatic heterocycles. The zero-order chi connectivity index (χ0) is 72.7. The molecular weight excluding hydrogens is 1300 g/mol. The molecule has 0 unspecified atom stereocenters. The van der Waals surface area contributed by atoms with Crippen LogP contribution >= 0.6 is 0 Å². The van der Waals surface area contributed by atoms with Crippen LogP contribution in [0, 0.1) is 0 Å². The fourth-order valence-electron chi connectivity index (χ4n) is 8.68. The number of hydrogen-bond acceptors (Lipinski definition) is 21. The molecule has 0 spiro atoms. The summed E-state index contributed by atoms with van der Waals surface area (Å²) in [5.41, 5.74) is 2.80. The van der Waals surface area contributed by atoms with Gasteiger partial charge in [-0.05, 0) is 86.6 Å². The van der Waals surface area contributed by atoms with E-state index in [1.807, 2.05) is 98.8 Å². The van der Waals surface area contributed by atoms with Gasteiger partial charge in [0, 0.05) is 84.3 Å². The van der Waals surface area contributed by atoms with Crippen molar-refractivity contribution in [1.82, 2.24) is 21.3 Å². The van der Waals surface area contributed by atoms with Crippen LogP contribution in [0.2, 0.25) is 0 Å². The number of amides is 4. The van der Waals surface area contributed by atoms with Gasteiger partial charge in [0.2, 0.25) is 23.6 Å². The average Bonchev–Trinajstić information content (AvgIpc) is 0.904. The fraction of sp³-hybridized carbons (Fsp3) is 0.554. The van der Waals surface area contributed by atoms with E-state index in [0.717, 1.165) is 35.1 Å². The predicted molar refractivity (Wildman–Crippen MR) is 370 cm³/mol. The highest BCUT2D eigenvalue weighted by molar-refractivity contribution is 5.85. The quantitative estimate of drug-likeness (QED) is 0.0164. The van der Waals surface area contributed by atoms with Gasteiger partial charge in [0.15, 0.2) is 0 Å². The number of carbonyl (C=O) groups is 9. The molecule has 4 amide bonds. The molecule has 0 aliphatic rings. The van der Waals surface area contributed by atoms with Crippen LogP contribution in [0.15, 0.2) is 109 Å². The minimum Gasteiger partial charge on any atom is -0.491 e. The molecule has 26 heteroatoms. The number of ketones is 1. The second-order valence-electron chi connectivity index (χ2n) is 23.7. The van der Waals surface area contributed by atoms with Crippen molar-refractivity contribution in [3.8, 4) is 11.5 Å². The highest BCUT2D eigenvalue weighted by Crippen LogP contribution is 2.17. The average molecular weight is 1400 g/mol. The number of aliphatic carboxylic acids is 1. The predicted octanol–water partition coefficient (Wildman–Crippen LogP) is 7.35. The molecule has 26 nitrogen and oxygen atoms in total. The maximum absolute atomic E-state index is 13.0. The Balaban J connectivity index is 0.000000608. The first-order valence-corrected chi connectivity index (χ1v) is 34.3.